The monoisotopic (exact) mass is 561 g/mol. The first-order chi connectivity index (χ1) is 18.7. The number of thiophene rings is 1. The summed E-state index contributed by atoms with van der Waals surface area (Å²) in [5, 5.41) is 9.11. The van der Waals surface area contributed by atoms with Crippen LogP contribution >= 0.6 is 11.3 Å². The van der Waals surface area contributed by atoms with E-state index in [4.69, 9.17) is 0 Å². The number of nitrogens with one attached hydrogen (secondary N) is 3. The van der Waals surface area contributed by atoms with Crippen molar-refractivity contribution in [3.8, 4) is 11.1 Å². The van der Waals surface area contributed by atoms with E-state index >= 15 is 0 Å². The smallest absolute Gasteiger partial charge is 0.324 e. The Morgan fingerprint density at radius 2 is 1.82 bits per heavy atom. The van der Waals surface area contributed by atoms with Crippen molar-refractivity contribution in [2.75, 3.05) is 23.7 Å². The van der Waals surface area contributed by atoms with E-state index in [0.29, 0.717) is 35.3 Å². The topological polar surface area (TPSA) is 103 Å². The molecule has 4 rings (SSSR count). The van der Waals surface area contributed by atoms with Crippen LogP contribution in [0, 0.1) is 6.92 Å². The van der Waals surface area contributed by atoms with Crippen LogP contribution in [0.5, 0.6) is 0 Å². The fourth-order valence-corrected chi connectivity index (χ4v) is 5.70. The van der Waals surface area contributed by atoms with Crippen LogP contribution in [0.4, 0.5) is 15.5 Å². The Morgan fingerprint density at radius 1 is 1.10 bits per heavy atom. The number of hydrogen-bond acceptors (Lipinski definition) is 5. The van der Waals surface area contributed by atoms with Gasteiger partial charge in [-0.15, -0.1) is 11.3 Å². The van der Waals surface area contributed by atoms with Gasteiger partial charge in [0.05, 0.1) is 5.56 Å². The summed E-state index contributed by atoms with van der Waals surface area (Å²) in [5.74, 6) is -0.135. The van der Waals surface area contributed by atoms with Crippen molar-refractivity contribution in [2.24, 2.45) is 0 Å². The zero-order valence-electron chi connectivity index (χ0n) is 24.6. The predicted molar refractivity (Wildman–Crippen MR) is 162 cm³/mol. The van der Waals surface area contributed by atoms with Crippen LogP contribution < -0.4 is 16.0 Å². The predicted octanol–water partition coefficient (Wildman–Crippen LogP) is 6.53. The molecule has 3 N–H and O–H groups in total. The van der Waals surface area contributed by atoms with Crippen molar-refractivity contribution in [3.63, 3.8) is 0 Å². The van der Waals surface area contributed by atoms with Gasteiger partial charge < -0.3 is 15.5 Å². The maximum Gasteiger partial charge on any atom is 0.324 e. The molecule has 212 valence electrons. The Bertz CT molecular complexity index is 1430. The highest BCUT2D eigenvalue weighted by Gasteiger charge is 2.42. The fraction of sp³-hybridized carbons (Fsp3) is 0.419. The lowest BCUT2D eigenvalue weighted by Crippen LogP contribution is -2.63. The molecule has 0 atom stereocenters. The molecule has 4 amide bonds. The van der Waals surface area contributed by atoms with Crippen molar-refractivity contribution < 1.29 is 14.4 Å². The minimum atomic E-state index is -1.00. The molecule has 0 bridgehead atoms. The summed E-state index contributed by atoms with van der Waals surface area (Å²) in [6.07, 6.45) is 1.86. The number of anilines is 2. The second kappa shape index (κ2) is 11.0. The first-order valence-electron chi connectivity index (χ1n) is 13.6. The largest absolute Gasteiger partial charge is 0.352 e. The molecule has 0 radical (unpaired) electrons. The van der Waals surface area contributed by atoms with Gasteiger partial charge in [-0.1, -0.05) is 46.8 Å². The summed E-state index contributed by atoms with van der Waals surface area (Å²) in [7, 11) is 0. The molecule has 9 heteroatoms. The Hall–Kier alpha value is -3.72. The number of aryl methyl sites for hydroxylation is 1. The van der Waals surface area contributed by atoms with E-state index in [1.54, 1.807) is 18.7 Å². The molecule has 3 heterocycles. The van der Waals surface area contributed by atoms with Crippen LogP contribution in [0.3, 0.4) is 0 Å². The molecule has 0 spiro atoms. The number of hydrogen-bond donors (Lipinski definition) is 3. The zero-order valence-corrected chi connectivity index (χ0v) is 25.4. The SMILES string of the molecule is Cc1ccc(NC(=O)Nc2sc(C(C)(C)C)cc2C(=O)N2CCNC(=O)C2(C)C)cc1-c1ccc(C(C)C)nc1. The first kappa shape index (κ1) is 29.3. The minimum absolute atomic E-state index is 0.199. The van der Waals surface area contributed by atoms with Gasteiger partial charge in [-0.25, -0.2) is 4.79 Å². The van der Waals surface area contributed by atoms with Crippen LogP contribution in [-0.4, -0.2) is 46.4 Å². The van der Waals surface area contributed by atoms with Gasteiger partial charge in [-0.2, -0.15) is 0 Å². The average molecular weight is 562 g/mol. The number of rotatable bonds is 5. The minimum Gasteiger partial charge on any atom is -0.352 e. The second-order valence-corrected chi connectivity index (χ2v) is 13.2. The van der Waals surface area contributed by atoms with E-state index in [-0.39, 0.29) is 17.2 Å². The third-order valence-corrected chi connectivity index (χ3v) is 8.69. The number of aromatic nitrogens is 1. The zero-order chi connectivity index (χ0) is 29.4. The molecule has 1 fully saturated rings. The number of carbonyl (C=O) groups excluding carboxylic acids is 3. The third-order valence-electron chi connectivity index (χ3n) is 7.21. The normalized spacial score (nSPS) is 15.1. The molecular formula is C31H39N5O3S. The van der Waals surface area contributed by atoms with Gasteiger partial charge in [0.2, 0.25) is 5.91 Å². The van der Waals surface area contributed by atoms with Crippen LogP contribution in [0.25, 0.3) is 11.1 Å². The third kappa shape index (κ3) is 6.04. The molecule has 8 nitrogen and oxygen atoms in total. The number of carbonyl (C=O) groups is 3. The van der Waals surface area contributed by atoms with E-state index in [0.717, 1.165) is 27.3 Å². The molecule has 3 aromatic rings. The molecule has 0 aliphatic carbocycles. The molecule has 0 unspecified atom stereocenters. The van der Waals surface area contributed by atoms with E-state index < -0.39 is 11.6 Å². The molecule has 1 aromatic carbocycles. The number of piperazine rings is 1. The highest BCUT2D eigenvalue weighted by molar-refractivity contribution is 7.16. The summed E-state index contributed by atoms with van der Waals surface area (Å²) in [5.41, 5.74) is 3.83. The fourth-order valence-electron chi connectivity index (χ4n) is 4.60. The lowest BCUT2D eigenvalue weighted by Gasteiger charge is -2.41. The standard InChI is InChI=1S/C31H39N5O3S/c1-18(2)24-12-10-20(17-33-24)22-15-21(11-9-19(22)3)34-29(39)35-26-23(16-25(40-26)30(4,5)6)27(37)36-14-13-32-28(38)31(36,7)8/h9-12,15-18H,13-14H2,1-8H3,(H,32,38)(H2,34,35,39). The summed E-state index contributed by atoms with van der Waals surface area (Å²) in [4.78, 5) is 46.6. The van der Waals surface area contributed by atoms with Crippen LogP contribution in [0.2, 0.25) is 0 Å². The highest BCUT2D eigenvalue weighted by Crippen LogP contribution is 2.38. The van der Waals surface area contributed by atoms with Gasteiger partial charge in [0.1, 0.15) is 10.5 Å². The van der Waals surface area contributed by atoms with E-state index in [2.05, 4.69) is 61.6 Å². The highest BCUT2D eigenvalue weighted by atomic mass is 32.1. The quantitative estimate of drug-likeness (QED) is 0.329. The van der Waals surface area contributed by atoms with E-state index in [9.17, 15) is 14.4 Å². The summed E-state index contributed by atoms with van der Waals surface area (Å²) >= 11 is 1.38. The van der Waals surface area contributed by atoms with Crippen molar-refractivity contribution >= 4 is 39.9 Å². The van der Waals surface area contributed by atoms with Gasteiger partial charge in [-0.3, -0.25) is 19.9 Å². The summed E-state index contributed by atoms with van der Waals surface area (Å²) in [6, 6.07) is 11.2. The first-order valence-corrected chi connectivity index (χ1v) is 14.4. The van der Waals surface area contributed by atoms with Crippen LogP contribution in [-0.2, 0) is 10.2 Å². The number of urea groups is 1. The Labute approximate surface area is 240 Å². The number of amides is 4. The van der Waals surface area contributed by atoms with Crippen LogP contribution in [0.15, 0.2) is 42.6 Å². The van der Waals surface area contributed by atoms with Crippen molar-refractivity contribution in [3.05, 3.63) is 64.3 Å². The van der Waals surface area contributed by atoms with Gasteiger partial charge >= 0.3 is 6.03 Å². The van der Waals surface area contributed by atoms with Crippen LogP contribution in [0.1, 0.15) is 80.9 Å². The van der Waals surface area contributed by atoms with Gasteiger partial charge in [0.25, 0.3) is 5.91 Å². The Balaban J connectivity index is 1.59. The number of benzene rings is 1. The maximum atomic E-state index is 13.7. The molecule has 40 heavy (non-hydrogen) atoms. The lowest BCUT2D eigenvalue weighted by molar-refractivity contribution is -0.133. The molecular weight excluding hydrogens is 522 g/mol. The van der Waals surface area contributed by atoms with Gasteiger partial charge in [0.15, 0.2) is 0 Å². The summed E-state index contributed by atoms with van der Waals surface area (Å²) < 4.78 is 0. The molecule has 0 saturated carbocycles. The van der Waals surface area contributed by atoms with E-state index in [1.165, 1.54) is 11.3 Å². The Kier molecular flexibility index (Phi) is 8.08. The average Bonchev–Trinajstić information content (AvgIpc) is 3.31. The molecule has 2 aromatic heterocycles. The molecule has 1 saturated heterocycles. The Morgan fingerprint density at radius 3 is 2.45 bits per heavy atom. The van der Waals surface area contributed by atoms with E-state index in [1.807, 2.05) is 43.5 Å². The number of nitrogens with zero attached hydrogens (tertiary/aromatic N) is 2. The lowest BCUT2D eigenvalue weighted by atomic mass is 9.93. The van der Waals surface area contributed by atoms with Crippen molar-refractivity contribution in [1.82, 2.24) is 15.2 Å². The maximum absolute atomic E-state index is 13.7. The van der Waals surface area contributed by atoms with Crippen molar-refractivity contribution in [1.29, 1.82) is 0 Å². The number of pyridine rings is 1. The molecule has 1 aliphatic rings. The van der Waals surface area contributed by atoms with Gasteiger partial charge in [-0.05, 0) is 67.5 Å². The second-order valence-electron chi connectivity index (χ2n) is 12.1. The van der Waals surface area contributed by atoms with Gasteiger partial charge in [0, 0.05) is 41.1 Å². The molecule has 1 aliphatic heterocycles. The van der Waals surface area contributed by atoms with Crippen molar-refractivity contribution in [2.45, 2.75) is 72.3 Å². The summed E-state index contributed by atoms with van der Waals surface area (Å²) in [6.45, 7) is 16.7.